The van der Waals surface area contributed by atoms with Crippen molar-refractivity contribution in [2.75, 3.05) is 0 Å². The van der Waals surface area contributed by atoms with Gasteiger partial charge in [-0.2, -0.15) is 0 Å². The molecular weight excluding hydrogens is 446 g/mol. The van der Waals surface area contributed by atoms with Crippen LogP contribution in [0.2, 0.25) is 0 Å². The zero-order valence-corrected chi connectivity index (χ0v) is 23.0. The molecule has 0 aliphatic heterocycles. The molecule has 0 amide bonds. The Morgan fingerprint density at radius 2 is 0.946 bits per heavy atom. The molecule has 0 saturated heterocycles. The topological polar surface area (TPSA) is 12.4 Å². The van der Waals surface area contributed by atoms with E-state index in [4.69, 9.17) is 4.99 Å². The lowest BCUT2D eigenvalue weighted by Gasteiger charge is -2.30. The molecule has 0 atom stereocenters. The predicted molar refractivity (Wildman–Crippen MR) is 161 cm³/mol. The Morgan fingerprint density at radius 3 is 1.43 bits per heavy atom. The van der Waals surface area contributed by atoms with Crippen LogP contribution in [-0.2, 0) is 17.4 Å². The van der Waals surface area contributed by atoms with Gasteiger partial charge in [-0.3, -0.25) is 4.99 Å². The summed E-state index contributed by atoms with van der Waals surface area (Å²) in [6.07, 6.45) is 0. The summed E-state index contributed by atoms with van der Waals surface area (Å²) in [5, 5.41) is 5.44. The van der Waals surface area contributed by atoms with E-state index < -0.39 is 0 Å². The summed E-state index contributed by atoms with van der Waals surface area (Å²) in [4.78, 5) is 5.18. The van der Waals surface area contributed by atoms with E-state index in [0.29, 0.717) is 6.54 Å². The van der Waals surface area contributed by atoms with Crippen molar-refractivity contribution in [2.45, 2.75) is 58.9 Å². The Morgan fingerprint density at radius 1 is 0.514 bits per heavy atom. The van der Waals surface area contributed by atoms with Gasteiger partial charge in [0.1, 0.15) is 0 Å². The monoisotopic (exact) mass is 483 g/mol. The highest BCUT2D eigenvalue weighted by atomic mass is 14.7. The Balaban J connectivity index is 1.72. The van der Waals surface area contributed by atoms with Gasteiger partial charge in [-0.05, 0) is 55.1 Å². The number of aliphatic imine (C=N–C) groups is 1. The van der Waals surface area contributed by atoms with Gasteiger partial charge in [-0.25, -0.2) is 0 Å². The number of rotatable bonds is 4. The third kappa shape index (κ3) is 4.96. The Bertz CT molecular complexity index is 1540. The van der Waals surface area contributed by atoms with Gasteiger partial charge in [0.15, 0.2) is 0 Å². The average molecular weight is 484 g/mol. The van der Waals surface area contributed by atoms with E-state index >= 15 is 0 Å². The molecule has 0 aliphatic carbocycles. The lowest BCUT2D eigenvalue weighted by molar-refractivity contribution is 0.593. The molecule has 0 radical (unpaired) electrons. The van der Waals surface area contributed by atoms with Crippen molar-refractivity contribution in [3.05, 3.63) is 131 Å². The Labute approximate surface area is 221 Å². The first-order valence-electron chi connectivity index (χ1n) is 13.3. The highest BCUT2D eigenvalue weighted by molar-refractivity contribution is 6.13. The number of fused-ring (bicyclic) bond motifs is 2. The van der Waals surface area contributed by atoms with Crippen molar-refractivity contribution >= 4 is 27.3 Å². The van der Waals surface area contributed by atoms with E-state index in [9.17, 15) is 0 Å². The smallest absolute Gasteiger partial charge is 0.0723 e. The van der Waals surface area contributed by atoms with Crippen LogP contribution in [0.5, 0.6) is 0 Å². The molecule has 0 bridgehead atoms. The van der Waals surface area contributed by atoms with E-state index in [2.05, 4.69) is 145 Å². The molecule has 0 fully saturated rings. The van der Waals surface area contributed by atoms with Gasteiger partial charge in [0.05, 0.1) is 12.3 Å². The zero-order valence-electron chi connectivity index (χ0n) is 23.0. The van der Waals surface area contributed by atoms with Crippen molar-refractivity contribution in [3.8, 4) is 0 Å². The fourth-order valence-corrected chi connectivity index (χ4v) is 5.65. The molecule has 0 spiro atoms. The molecule has 5 aromatic carbocycles. The summed E-state index contributed by atoms with van der Waals surface area (Å²) < 4.78 is 0. The van der Waals surface area contributed by atoms with Crippen LogP contribution in [0.15, 0.2) is 108 Å². The molecule has 1 heteroatoms. The lowest BCUT2D eigenvalue weighted by atomic mass is 9.74. The quantitative estimate of drug-likeness (QED) is 0.178. The predicted octanol–water partition coefficient (Wildman–Crippen LogP) is 9.63. The van der Waals surface area contributed by atoms with Gasteiger partial charge in [0.2, 0.25) is 0 Å². The molecule has 37 heavy (non-hydrogen) atoms. The lowest BCUT2D eigenvalue weighted by Crippen LogP contribution is -2.17. The van der Waals surface area contributed by atoms with Crippen LogP contribution in [0.25, 0.3) is 21.5 Å². The molecule has 0 N–H and O–H groups in total. The summed E-state index contributed by atoms with van der Waals surface area (Å²) in [5.74, 6) is 0. The third-order valence-corrected chi connectivity index (χ3v) is 7.10. The molecule has 0 heterocycles. The maximum atomic E-state index is 5.18. The number of hydrogen-bond acceptors (Lipinski definition) is 1. The second kappa shape index (κ2) is 9.63. The highest BCUT2D eigenvalue weighted by Gasteiger charge is 2.27. The third-order valence-electron chi connectivity index (χ3n) is 7.10. The number of nitrogens with zero attached hydrogens (tertiary/aromatic N) is 1. The average Bonchev–Trinajstić information content (AvgIpc) is 2.87. The maximum Gasteiger partial charge on any atom is 0.0723 e. The maximum absolute atomic E-state index is 5.18. The molecule has 5 aromatic rings. The van der Waals surface area contributed by atoms with Gasteiger partial charge in [0.25, 0.3) is 0 Å². The van der Waals surface area contributed by atoms with Crippen molar-refractivity contribution in [2.24, 2.45) is 4.99 Å². The molecule has 5 rings (SSSR count). The van der Waals surface area contributed by atoms with Crippen LogP contribution in [0, 0.1) is 0 Å². The van der Waals surface area contributed by atoms with E-state index in [-0.39, 0.29) is 10.8 Å². The molecule has 1 nitrogen and oxygen atoms in total. The van der Waals surface area contributed by atoms with Gasteiger partial charge in [0, 0.05) is 11.1 Å². The number of hydrogen-bond donors (Lipinski definition) is 0. The van der Waals surface area contributed by atoms with Crippen LogP contribution in [0.3, 0.4) is 0 Å². The molecule has 186 valence electrons. The van der Waals surface area contributed by atoms with Crippen molar-refractivity contribution in [3.63, 3.8) is 0 Å². The van der Waals surface area contributed by atoms with Crippen LogP contribution in [0.1, 0.15) is 69.4 Å². The normalized spacial score (nSPS) is 12.2. The van der Waals surface area contributed by atoms with Gasteiger partial charge in [-0.15, -0.1) is 0 Å². The number of benzene rings is 5. The van der Waals surface area contributed by atoms with Crippen molar-refractivity contribution < 1.29 is 0 Å². The summed E-state index contributed by atoms with van der Waals surface area (Å²) >= 11 is 0. The largest absolute Gasteiger partial charge is 0.279 e. The summed E-state index contributed by atoms with van der Waals surface area (Å²) in [7, 11) is 0. The SMILES string of the molecule is CC(C)(C)c1c2ccccc2c(C(C)(C)C)c2cc(CN=C(c3ccccc3)c3ccccc3)ccc12. The van der Waals surface area contributed by atoms with E-state index in [0.717, 1.165) is 16.8 Å². The van der Waals surface area contributed by atoms with Gasteiger partial charge in [-0.1, -0.05) is 139 Å². The minimum Gasteiger partial charge on any atom is -0.279 e. The van der Waals surface area contributed by atoms with E-state index in [1.807, 2.05) is 0 Å². The standard InChI is InChI=1S/C36H37N/c1-35(2,3)32-28-19-13-14-20-29(28)33(36(4,5)6)31-23-25(21-22-30(31)32)24-37-34(26-15-9-7-10-16-26)27-17-11-8-12-18-27/h7-23H,24H2,1-6H3. The van der Waals surface area contributed by atoms with Crippen LogP contribution < -0.4 is 0 Å². The molecule has 0 unspecified atom stereocenters. The van der Waals surface area contributed by atoms with E-state index in [1.165, 1.54) is 38.2 Å². The van der Waals surface area contributed by atoms with Crippen molar-refractivity contribution in [1.82, 2.24) is 0 Å². The van der Waals surface area contributed by atoms with Gasteiger partial charge < -0.3 is 0 Å². The molecular formula is C36H37N. The van der Waals surface area contributed by atoms with Crippen LogP contribution in [-0.4, -0.2) is 5.71 Å². The van der Waals surface area contributed by atoms with Gasteiger partial charge >= 0.3 is 0 Å². The second-order valence-corrected chi connectivity index (χ2v) is 12.1. The minimum absolute atomic E-state index is 0.00932. The Hall–Kier alpha value is -3.71. The first-order chi connectivity index (χ1) is 17.6. The first-order valence-corrected chi connectivity index (χ1v) is 13.3. The summed E-state index contributed by atoms with van der Waals surface area (Å²) in [5.41, 5.74) is 7.44. The Kier molecular flexibility index (Phi) is 6.50. The van der Waals surface area contributed by atoms with E-state index in [1.54, 1.807) is 0 Å². The van der Waals surface area contributed by atoms with Crippen LogP contribution >= 0.6 is 0 Å². The summed E-state index contributed by atoms with van der Waals surface area (Å²) in [6, 6.07) is 37.0. The first kappa shape index (κ1) is 25.0. The fourth-order valence-electron chi connectivity index (χ4n) is 5.65. The van der Waals surface area contributed by atoms with Crippen LogP contribution in [0.4, 0.5) is 0 Å². The fraction of sp³-hybridized carbons (Fsp3) is 0.250. The zero-order chi connectivity index (χ0) is 26.2. The van der Waals surface area contributed by atoms with Crippen molar-refractivity contribution in [1.29, 1.82) is 0 Å². The highest BCUT2D eigenvalue weighted by Crippen LogP contribution is 2.43. The summed E-state index contributed by atoms with van der Waals surface area (Å²) in [6.45, 7) is 14.6. The molecule has 0 aliphatic rings. The molecule has 0 aromatic heterocycles. The second-order valence-electron chi connectivity index (χ2n) is 12.1. The molecule has 0 saturated carbocycles. The minimum atomic E-state index is 0.00932.